The summed E-state index contributed by atoms with van der Waals surface area (Å²) in [6, 6.07) is 6.02. The molecule has 0 bridgehead atoms. The maximum Gasteiger partial charge on any atom is 0.0543 e. The molecule has 1 fully saturated rings. The number of rotatable bonds is 3. The van der Waals surface area contributed by atoms with E-state index in [-0.39, 0.29) is 0 Å². The lowest BCUT2D eigenvalue weighted by molar-refractivity contribution is 0.199. The predicted octanol–water partition coefficient (Wildman–Crippen LogP) is 1.75. The summed E-state index contributed by atoms with van der Waals surface area (Å²) in [7, 11) is 0. The second-order valence-electron chi connectivity index (χ2n) is 4.20. The van der Waals surface area contributed by atoms with Crippen LogP contribution in [-0.2, 0) is 6.54 Å². The van der Waals surface area contributed by atoms with Crippen molar-refractivity contribution in [2.45, 2.75) is 19.4 Å². The topological polar surface area (TPSA) is 48.7 Å². The van der Waals surface area contributed by atoms with Gasteiger partial charge in [0.05, 0.1) is 5.69 Å². The van der Waals surface area contributed by atoms with Crippen LogP contribution >= 0.6 is 0 Å². The summed E-state index contributed by atoms with van der Waals surface area (Å²) in [5.41, 5.74) is 1.12. The van der Waals surface area contributed by atoms with Crippen molar-refractivity contribution in [2.24, 2.45) is 11.1 Å². The molecule has 0 amide bonds. The van der Waals surface area contributed by atoms with Crippen molar-refractivity contribution in [3.8, 4) is 0 Å². The summed E-state index contributed by atoms with van der Waals surface area (Å²) in [5.74, 6) is 0.435. The molecule has 1 aromatic rings. The van der Waals surface area contributed by atoms with Crippen LogP contribution in [-0.4, -0.2) is 34.4 Å². The fourth-order valence-corrected chi connectivity index (χ4v) is 2.08. The molecular formula is C12H17N3O. The van der Waals surface area contributed by atoms with Gasteiger partial charge in [0, 0.05) is 19.0 Å². The molecule has 0 aliphatic carbocycles. The highest BCUT2D eigenvalue weighted by molar-refractivity contribution is 5.59. The first-order valence-electron chi connectivity index (χ1n) is 5.68. The highest BCUT2D eigenvalue weighted by atomic mass is 16.4. The van der Waals surface area contributed by atoms with Crippen LogP contribution < -0.4 is 0 Å². The van der Waals surface area contributed by atoms with E-state index in [0.717, 1.165) is 38.2 Å². The van der Waals surface area contributed by atoms with Crippen LogP contribution in [0.4, 0.5) is 0 Å². The average Bonchev–Trinajstić information content (AvgIpc) is 2.33. The van der Waals surface area contributed by atoms with Crippen LogP contribution in [0.15, 0.2) is 29.6 Å². The molecule has 2 rings (SSSR count). The van der Waals surface area contributed by atoms with Crippen LogP contribution in [0.2, 0.25) is 0 Å². The van der Waals surface area contributed by atoms with Gasteiger partial charge in [-0.15, -0.1) is 5.16 Å². The van der Waals surface area contributed by atoms with Gasteiger partial charge in [-0.1, -0.05) is 6.07 Å². The number of pyridine rings is 1. The quantitative estimate of drug-likeness (QED) is 0.478. The van der Waals surface area contributed by atoms with E-state index in [9.17, 15) is 0 Å². The lowest BCUT2D eigenvalue weighted by Gasteiger charge is -2.29. The first-order valence-corrected chi connectivity index (χ1v) is 5.68. The second kappa shape index (κ2) is 5.61. The lowest BCUT2D eigenvalue weighted by Crippen LogP contribution is -2.33. The van der Waals surface area contributed by atoms with Crippen molar-refractivity contribution in [3.63, 3.8) is 0 Å². The molecule has 86 valence electrons. The van der Waals surface area contributed by atoms with Crippen molar-refractivity contribution < 1.29 is 5.21 Å². The summed E-state index contributed by atoms with van der Waals surface area (Å²) in [4.78, 5) is 6.71. The number of nitrogens with zero attached hydrogens (tertiary/aromatic N) is 3. The van der Waals surface area contributed by atoms with Crippen LogP contribution in [0.25, 0.3) is 0 Å². The van der Waals surface area contributed by atoms with Gasteiger partial charge in [0.1, 0.15) is 0 Å². The first kappa shape index (κ1) is 11.1. The Hall–Kier alpha value is -1.42. The Morgan fingerprint density at radius 1 is 1.44 bits per heavy atom. The highest BCUT2D eigenvalue weighted by Gasteiger charge is 2.17. The third kappa shape index (κ3) is 3.03. The van der Waals surface area contributed by atoms with Crippen LogP contribution in [0.3, 0.4) is 0 Å². The minimum absolute atomic E-state index is 0.435. The van der Waals surface area contributed by atoms with Gasteiger partial charge in [-0.25, -0.2) is 0 Å². The predicted molar refractivity (Wildman–Crippen MR) is 62.5 cm³/mol. The number of likely N-dealkylation sites (tertiary alicyclic amines) is 1. The van der Waals surface area contributed by atoms with Crippen LogP contribution in [0.1, 0.15) is 18.5 Å². The van der Waals surface area contributed by atoms with Crippen molar-refractivity contribution in [1.82, 2.24) is 9.88 Å². The Morgan fingerprint density at radius 3 is 2.88 bits per heavy atom. The summed E-state index contributed by atoms with van der Waals surface area (Å²) in [6.45, 7) is 3.02. The Balaban J connectivity index is 1.81. The zero-order valence-electron chi connectivity index (χ0n) is 9.29. The minimum atomic E-state index is 0.435. The monoisotopic (exact) mass is 219 g/mol. The first-order chi connectivity index (χ1) is 7.88. The van der Waals surface area contributed by atoms with Gasteiger partial charge in [0.2, 0.25) is 0 Å². The molecule has 1 aliphatic heterocycles. The Kier molecular flexibility index (Phi) is 3.88. The molecule has 0 unspecified atom stereocenters. The molecule has 0 radical (unpaired) electrons. The lowest BCUT2D eigenvalue weighted by atomic mass is 9.98. The molecule has 0 spiro atoms. The molecule has 1 aromatic heterocycles. The molecular weight excluding hydrogens is 202 g/mol. The normalized spacial score (nSPS) is 19.2. The molecule has 4 heteroatoms. The molecule has 1 N–H and O–H groups in total. The Labute approximate surface area is 95.6 Å². The van der Waals surface area contributed by atoms with Gasteiger partial charge >= 0.3 is 0 Å². The Morgan fingerprint density at radius 2 is 2.25 bits per heavy atom. The van der Waals surface area contributed by atoms with Gasteiger partial charge in [0.25, 0.3) is 0 Å². The molecule has 16 heavy (non-hydrogen) atoms. The highest BCUT2D eigenvalue weighted by Crippen LogP contribution is 2.16. The smallest absolute Gasteiger partial charge is 0.0543 e. The van der Waals surface area contributed by atoms with E-state index in [4.69, 9.17) is 5.21 Å². The number of hydrogen-bond acceptors (Lipinski definition) is 4. The largest absolute Gasteiger partial charge is 0.411 e. The van der Waals surface area contributed by atoms with Gasteiger partial charge < -0.3 is 5.21 Å². The number of oxime groups is 1. The molecule has 0 aromatic carbocycles. The van der Waals surface area contributed by atoms with Gasteiger partial charge in [-0.05, 0) is 44.0 Å². The van der Waals surface area contributed by atoms with E-state index >= 15 is 0 Å². The summed E-state index contributed by atoms with van der Waals surface area (Å²) >= 11 is 0. The third-order valence-corrected chi connectivity index (χ3v) is 3.02. The van der Waals surface area contributed by atoms with Crippen molar-refractivity contribution in [2.75, 3.05) is 13.1 Å². The van der Waals surface area contributed by atoms with E-state index in [2.05, 4.69) is 21.1 Å². The van der Waals surface area contributed by atoms with E-state index in [0.29, 0.717) is 5.92 Å². The van der Waals surface area contributed by atoms with E-state index in [1.165, 1.54) is 0 Å². The zero-order valence-corrected chi connectivity index (χ0v) is 9.29. The minimum Gasteiger partial charge on any atom is -0.411 e. The maximum atomic E-state index is 8.47. The Bertz CT molecular complexity index is 331. The standard InChI is InChI=1S/C12H17N3O/c16-14-9-11-4-7-15(8-5-11)10-12-3-1-2-6-13-12/h1-3,6,9,11,16H,4-5,7-8,10H2. The fourth-order valence-electron chi connectivity index (χ4n) is 2.08. The summed E-state index contributed by atoms with van der Waals surface area (Å²) < 4.78 is 0. The molecule has 1 aliphatic rings. The van der Waals surface area contributed by atoms with Gasteiger partial charge in [0.15, 0.2) is 0 Å². The van der Waals surface area contributed by atoms with Crippen molar-refractivity contribution >= 4 is 6.21 Å². The van der Waals surface area contributed by atoms with Crippen LogP contribution in [0.5, 0.6) is 0 Å². The van der Waals surface area contributed by atoms with Gasteiger partial charge in [-0.2, -0.15) is 0 Å². The van der Waals surface area contributed by atoms with Crippen LogP contribution in [0, 0.1) is 5.92 Å². The molecule has 4 nitrogen and oxygen atoms in total. The van der Waals surface area contributed by atoms with Crippen molar-refractivity contribution in [1.29, 1.82) is 0 Å². The number of piperidine rings is 1. The average molecular weight is 219 g/mol. The van der Waals surface area contributed by atoms with E-state index in [1.54, 1.807) is 6.21 Å². The SMILES string of the molecule is ON=CC1CCN(Cc2ccccn2)CC1. The third-order valence-electron chi connectivity index (χ3n) is 3.02. The molecule has 1 saturated heterocycles. The number of hydrogen-bond donors (Lipinski definition) is 1. The molecule has 2 heterocycles. The zero-order chi connectivity index (χ0) is 11.2. The fraction of sp³-hybridized carbons (Fsp3) is 0.500. The summed E-state index contributed by atoms with van der Waals surface area (Å²) in [5, 5.41) is 11.6. The summed E-state index contributed by atoms with van der Waals surface area (Å²) in [6.07, 6.45) is 5.62. The van der Waals surface area contributed by atoms with E-state index in [1.807, 2.05) is 18.3 Å². The van der Waals surface area contributed by atoms with Crippen molar-refractivity contribution in [3.05, 3.63) is 30.1 Å². The molecule has 0 saturated carbocycles. The maximum absolute atomic E-state index is 8.47. The van der Waals surface area contributed by atoms with Gasteiger partial charge in [-0.3, -0.25) is 9.88 Å². The van der Waals surface area contributed by atoms with E-state index < -0.39 is 0 Å². The number of aromatic nitrogens is 1. The second-order valence-corrected chi connectivity index (χ2v) is 4.20. The molecule has 0 atom stereocenters.